The number of halogens is 1. The van der Waals surface area contributed by atoms with Gasteiger partial charge in [-0.1, -0.05) is 11.6 Å². The fraction of sp³-hybridized carbons (Fsp3) is 0.269. The molecule has 2 aromatic carbocycles. The number of anilines is 1. The number of imide groups is 1. The van der Waals surface area contributed by atoms with E-state index < -0.39 is 0 Å². The Morgan fingerprint density at radius 1 is 1.11 bits per heavy atom. The number of carbonyl (C=O) groups excluding carboxylic acids is 3. The number of nitrogens with two attached hydrogens (primary N) is 1. The minimum atomic E-state index is -0.389. The number of aryl methyl sites for hydroxylation is 2. The molecular weight excluding hydrogens is 463 g/mol. The largest absolute Gasteiger partial charge is 0.382 e. The highest BCUT2D eigenvalue weighted by Gasteiger charge is 2.34. The standard InChI is InChI=1S/C26H25FN6O3/c1-16-6-11-19-20(14-16)26(36)32(25(19)35)13-3-5-23(34)30-12-2-4-22-21(15-28)24(29)33(31-22)18-9-7-17(27)8-10-18/h6-11,14H,2-5,12-13,29H2,1H3,(H,30,34). The topological polar surface area (TPSA) is 134 Å². The van der Waals surface area contributed by atoms with Gasteiger partial charge in [0.05, 0.1) is 22.5 Å². The normalized spacial score (nSPS) is 12.5. The van der Waals surface area contributed by atoms with Crippen molar-refractivity contribution >= 4 is 23.5 Å². The Labute approximate surface area is 207 Å². The number of carbonyl (C=O) groups is 3. The van der Waals surface area contributed by atoms with Crippen molar-refractivity contribution in [2.45, 2.75) is 32.6 Å². The van der Waals surface area contributed by atoms with Gasteiger partial charge in [0.2, 0.25) is 5.91 Å². The lowest BCUT2D eigenvalue weighted by Crippen LogP contribution is -2.32. The fourth-order valence-electron chi connectivity index (χ4n) is 4.13. The molecule has 3 N–H and O–H groups in total. The van der Waals surface area contributed by atoms with E-state index in [2.05, 4.69) is 16.5 Å². The lowest BCUT2D eigenvalue weighted by molar-refractivity contribution is -0.121. The molecule has 0 saturated heterocycles. The summed E-state index contributed by atoms with van der Waals surface area (Å²) in [7, 11) is 0. The second-order valence-corrected chi connectivity index (χ2v) is 8.57. The molecule has 0 fully saturated rings. The van der Waals surface area contributed by atoms with Crippen LogP contribution in [0.15, 0.2) is 42.5 Å². The SMILES string of the molecule is Cc1ccc2c(c1)C(=O)N(CCCC(=O)NCCCc1nn(-c3ccc(F)cc3)c(N)c1C#N)C2=O. The van der Waals surface area contributed by atoms with Crippen LogP contribution in [0.4, 0.5) is 10.2 Å². The molecule has 0 atom stereocenters. The van der Waals surface area contributed by atoms with Crippen LogP contribution in [0.5, 0.6) is 0 Å². The van der Waals surface area contributed by atoms with E-state index in [9.17, 15) is 24.0 Å². The van der Waals surface area contributed by atoms with E-state index in [1.165, 1.54) is 33.8 Å². The van der Waals surface area contributed by atoms with Crippen molar-refractivity contribution < 1.29 is 18.8 Å². The smallest absolute Gasteiger partial charge is 0.261 e. The molecule has 9 nitrogen and oxygen atoms in total. The van der Waals surface area contributed by atoms with E-state index in [1.807, 2.05) is 6.92 Å². The summed E-state index contributed by atoms with van der Waals surface area (Å²) in [5, 5.41) is 16.7. The Hall–Kier alpha value is -4.52. The van der Waals surface area contributed by atoms with Crippen LogP contribution >= 0.6 is 0 Å². The summed E-state index contributed by atoms with van der Waals surface area (Å²) >= 11 is 0. The quantitative estimate of drug-likeness (QED) is 0.351. The second-order valence-electron chi connectivity index (χ2n) is 8.57. The molecule has 0 saturated carbocycles. The number of aromatic nitrogens is 2. The molecule has 184 valence electrons. The molecule has 0 aliphatic carbocycles. The van der Waals surface area contributed by atoms with Crippen LogP contribution < -0.4 is 11.1 Å². The number of fused-ring (bicyclic) bond motifs is 1. The van der Waals surface area contributed by atoms with Gasteiger partial charge in [-0.25, -0.2) is 9.07 Å². The molecule has 1 aromatic heterocycles. The average Bonchev–Trinajstić information content (AvgIpc) is 3.30. The first kappa shape index (κ1) is 24.6. The number of nitrogens with one attached hydrogen (secondary N) is 1. The van der Waals surface area contributed by atoms with Gasteiger partial charge >= 0.3 is 0 Å². The molecule has 0 spiro atoms. The summed E-state index contributed by atoms with van der Waals surface area (Å²) in [5.74, 6) is -1.07. The van der Waals surface area contributed by atoms with Crippen LogP contribution in [0.25, 0.3) is 5.69 Å². The minimum absolute atomic E-state index is 0.169. The van der Waals surface area contributed by atoms with Crippen LogP contribution in [0.2, 0.25) is 0 Å². The lowest BCUT2D eigenvalue weighted by atomic mass is 10.1. The molecule has 4 rings (SSSR count). The van der Waals surface area contributed by atoms with E-state index in [0.29, 0.717) is 48.3 Å². The van der Waals surface area contributed by atoms with Gasteiger partial charge in [-0.05, 0) is 62.6 Å². The first-order valence-electron chi connectivity index (χ1n) is 11.6. The van der Waals surface area contributed by atoms with E-state index in [1.54, 1.807) is 18.2 Å². The summed E-state index contributed by atoms with van der Waals surface area (Å²) in [6, 6.07) is 12.8. The van der Waals surface area contributed by atoms with Gasteiger partial charge in [0.15, 0.2) is 0 Å². The van der Waals surface area contributed by atoms with Crippen molar-refractivity contribution in [3.05, 3.63) is 76.2 Å². The van der Waals surface area contributed by atoms with Gasteiger partial charge in [0.25, 0.3) is 11.8 Å². The van der Waals surface area contributed by atoms with Crippen molar-refractivity contribution in [3.8, 4) is 11.8 Å². The highest BCUT2D eigenvalue weighted by Crippen LogP contribution is 2.24. The number of nitrogen functional groups attached to an aromatic ring is 1. The van der Waals surface area contributed by atoms with Gasteiger partial charge in [0.1, 0.15) is 23.3 Å². The van der Waals surface area contributed by atoms with Gasteiger partial charge in [-0.3, -0.25) is 19.3 Å². The molecule has 3 amide bonds. The van der Waals surface area contributed by atoms with E-state index in [4.69, 9.17) is 5.73 Å². The summed E-state index contributed by atoms with van der Waals surface area (Å²) < 4.78 is 14.6. The van der Waals surface area contributed by atoms with Gasteiger partial charge < -0.3 is 11.1 Å². The third kappa shape index (κ3) is 4.95. The predicted molar refractivity (Wildman–Crippen MR) is 130 cm³/mol. The zero-order valence-electron chi connectivity index (χ0n) is 19.8. The summed E-state index contributed by atoms with van der Waals surface area (Å²) in [6.07, 6.45) is 1.46. The summed E-state index contributed by atoms with van der Waals surface area (Å²) in [5.41, 5.74) is 9.06. The Bertz CT molecular complexity index is 1370. The third-order valence-electron chi connectivity index (χ3n) is 6.00. The molecule has 0 unspecified atom stereocenters. The Balaban J connectivity index is 1.23. The molecule has 36 heavy (non-hydrogen) atoms. The number of amides is 3. The van der Waals surface area contributed by atoms with Crippen LogP contribution in [0.1, 0.15) is 56.8 Å². The first-order valence-corrected chi connectivity index (χ1v) is 11.6. The zero-order chi connectivity index (χ0) is 25.8. The second kappa shape index (κ2) is 10.4. The molecule has 0 radical (unpaired) electrons. The average molecular weight is 489 g/mol. The molecule has 0 bridgehead atoms. The van der Waals surface area contributed by atoms with E-state index >= 15 is 0 Å². The maximum atomic E-state index is 13.2. The number of rotatable bonds is 9. The highest BCUT2D eigenvalue weighted by molar-refractivity contribution is 6.21. The van der Waals surface area contributed by atoms with Crippen LogP contribution in [0, 0.1) is 24.1 Å². The number of hydrogen-bond acceptors (Lipinski definition) is 6. The molecule has 10 heteroatoms. The van der Waals surface area contributed by atoms with Crippen LogP contribution in [-0.2, 0) is 11.2 Å². The molecule has 2 heterocycles. The maximum absolute atomic E-state index is 13.2. The number of nitriles is 1. The summed E-state index contributed by atoms with van der Waals surface area (Å²) in [6.45, 7) is 2.39. The van der Waals surface area contributed by atoms with Crippen molar-refractivity contribution in [1.82, 2.24) is 20.0 Å². The van der Waals surface area contributed by atoms with Crippen molar-refractivity contribution in [2.24, 2.45) is 0 Å². The molecule has 1 aliphatic heterocycles. The van der Waals surface area contributed by atoms with Crippen molar-refractivity contribution in [2.75, 3.05) is 18.8 Å². The monoisotopic (exact) mass is 488 g/mol. The molecule has 3 aromatic rings. The van der Waals surface area contributed by atoms with E-state index in [-0.39, 0.29) is 47.9 Å². The van der Waals surface area contributed by atoms with Gasteiger partial charge in [-0.15, -0.1) is 0 Å². The minimum Gasteiger partial charge on any atom is -0.382 e. The van der Waals surface area contributed by atoms with Crippen LogP contribution in [0.3, 0.4) is 0 Å². The maximum Gasteiger partial charge on any atom is 0.261 e. The van der Waals surface area contributed by atoms with Gasteiger partial charge in [0, 0.05) is 19.5 Å². The lowest BCUT2D eigenvalue weighted by Gasteiger charge is -2.13. The van der Waals surface area contributed by atoms with Crippen molar-refractivity contribution in [1.29, 1.82) is 5.26 Å². The molecular formula is C26H25FN6O3. The third-order valence-corrected chi connectivity index (χ3v) is 6.00. The summed E-state index contributed by atoms with van der Waals surface area (Å²) in [4.78, 5) is 38.4. The molecule has 1 aliphatic rings. The first-order chi connectivity index (χ1) is 17.3. The van der Waals surface area contributed by atoms with Crippen LogP contribution in [-0.4, -0.2) is 45.5 Å². The van der Waals surface area contributed by atoms with E-state index in [0.717, 1.165) is 5.56 Å². The Morgan fingerprint density at radius 3 is 2.56 bits per heavy atom. The Morgan fingerprint density at radius 2 is 1.83 bits per heavy atom. The van der Waals surface area contributed by atoms with Crippen molar-refractivity contribution in [3.63, 3.8) is 0 Å². The van der Waals surface area contributed by atoms with Gasteiger partial charge in [-0.2, -0.15) is 10.4 Å². The fourth-order valence-corrected chi connectivity index (χ4v) is 4.13. The zero-order valence-corrected chi connectivity index (χ0v) is 19.8. The number of hydrogen-bond donors (Lipinski definition) is 2. The number of nitrogens with zero attached hydrogens (tertiary/aromatic N) is 4. The number of benzene rings is 2. The predicted octanol–water partition coefficient (Wildman–Crippen LogP) is 2.90. The highest BCUT2D eigenvalue weighted by atomic mass is 19.1. The Kier molecular flexibility index (Phi) is 7.10.